The predicted molar refractivity (Wildman–Crippen MR) is 103 cm³/mol. The summed E-state index contributed by atoms with van der Waals surface area (Å²) in [5.74, 6) is -0.146. The monoisotopic (exact) mass is 339 g/mol. The van der Waals surface area contributed by atoms with Gasteiger partial charge in [-0.05, 0) is 63.1 Å². The summed E-state index contributed by atoms with van der Waals surface area (Å²) in [6.07, 6.45) is 1.44. The Morgan fingerprint density at radius 1 is 1.12 bits per heavy atom. The molecule has 0 spiro atoms. The highest BCUT2D eigenvalue weighted by Gasteiger charge is 2.07. The van der Waals surface area contributed by atoms with Crippen LogP contribution < -0.4 is 10.3 Å². The molecule has 0 aliphatic heterocycles. The van der Waals surface area contributed by atoms with Crippen LogP contribution in [-0.2, 0) is 0 Å². The molecule has 25 heavy (non-hydrogen) atoms. The van der Waals surface area contributed by atoms with Crippen molar-refractivity contribution in [2.45, 2.75) is 27.7 Å². The van der Waals surface area contributed by atoms with Crippen LogP contribution in [0.5, 0.6) is 5.75 Å². The number of phenols is 1. The second-order valence-corrected chi connectivity index (χ2v) is 5.91. The minimum absolute atomic E-state index is 0.133. The molecule has 0 saturated carbocycles. The van der Waals surface area contributed by atoms with Crippen LogP contribution in [0, 0.1) is 13.8 Å². The highest BCUT2D eigenvalue weighted by atomic mass is 16.3. The maximum absolute atomic E-state index is 12.1. The third-order valence-electron chi connectivity index (χ3n) is 4.28. The van der Waals surface area contributed by atoms with Crippen molar-refractivity contribution in [3.05, 3.63) is 58.7 Å². The van der Waals surface area contributed by atoms with E-state index >= 15 is 0 Å². The molecule has 2 N–H and O–H groups in total. The second kappa shape index (κ2) is 8.33. The molecule has 0 radical (unpaired) electrons. The molecule has 0 aliphatic carbocycles. The molecule has 5 nitrogen and oxygen atoms in total. The van der Waals surface area contributed by atoms with Gasteiger partial charge in [-0.15, -0.1) is 0 Å². The van der Waals surface area contributed by atoms with Gasteiger partial charge in [0.05, 0.1) is 6.21 Å². The zero-order valence-corrected chi connectivity index (χ0v) is 15.2. The Kier molecular flexibility index (Phi) is 6.17. The first kappa shape index (κ1) is 18.5. The van der Waals surface area contributed by atoms with Crippen molar-refractivity contribution < 1.29 is 9.90 Å². The highest BCUT2D eigenvalue weighted by Crippen LogP contribution is 2.23. The van der Waals surface area contributed by atoms with E-state index in [2.05, 4.69) is 29.3 Å². The van der Waals surface area contributed by atoms with Crippen LogP contribution in [0.25, 0.3) is 0 Å². The van der Waals surface area contributed by atoms with Gasteiger partial charge in [0.1, 0.15) is 5.75 Å². The number of nitrogens with one attached hydrogen (secondary N) is 1. The number of anilines is 1. The third kappa shape index (κ3) is 4.59. The van der Waals surface area contributed by atoms with Gasteiger partial charge in [-0.2, -0.15) is 5.10 Å². The van der Waals surface area contributed by atoms with Crippen molar-refractivity contribution in [3.8, 4) is 5.75 Å². The van der Waals surface area contributed by atoms with E-state index in [9.17, 15) is 9.90 Å². The molecule has 2 aromatic rings. The molecular weight excluding hydrogens is 314 g/mol. The van der Waals surface area contributed by atoms with Gasteiger partial charge in [-0.25, -0.2) is 5.43 Å². The molecule has 132 valence electrons. The summed E-state index contributed by atoms with van der Waals surface area (Å²) in [6, 6.07) is 10.9. The fourth-order valence-corrected chi connectivity index (χ4v) is 2.53. The van der Waals surface area contributed by atoms with E-state index < -0.39 is 0 Å². The number of phenolic OH excluding ortho intramolecular Hbond substituents is 1. The lowest BCUT2D eigenvalue weighted by molar-refractivity contribution is 0.0955. The van der Waals surface area contributed by atoms with Crippen LogP contribution in [0.4, 0.5) is 5.69 Å². The zero-order chi connectivity index (χ0) is 18.4. The van der Waals surface area contributed by atoms with Crippen molar-refractivity contribution in [2.24, 2.45) is 5.10 Å². The molecule has 0 atom stereocenters. The molecule has 0 unspecified atom stereocenters. The number of benzene rings is 2. The average molecular weight is 339 g/mol. The number of amides is 1. The Hall–Kier alpha value is -2.82. The standard InChI is InChI=1S/C20H25N3O2/c1-5-23(6-2)18-10-9-17(19(24)12-18)13-21-22-20(25)16-8-7-14(3)15(4)11-16/h7-13,24H,5-6H2,1-4H3,(H,22,25). The van der Waals surface area contributed by atoms with E-state index in [1.165, 1.54) is 6.21 Å². The number of nitrogens with zero attached hydrogens (tertiary/aromatic N) is 2. The lowest BCUT2D eigenvalue weighted by Crippen LogP contribution is -2.21. The summed E-state index contributed by atoms with van der Waals surface area (Å²) in [5.41, 5.74) is 6.75. The summed E-state index contributed by atoms with van der Waals surface area (Å²) in [6.45, 7) is 9.84. The molecule has 2 rings (SSSR count). The number of hydrazone groups is 1. The Labute approximate surface area is 149 Å². The van der Waals surface area contributed by atoms with Crippen molar-refractivity contribution >= 4 is 17.8 Å². The molecule has 1 amide bonds. The van der Waals surface area contributed by atoms with Crippen molar-refractivity contribution in [1.82, 2.24) is 5.43 Å². The third-order valence-corrected chi connectivity index (χ3v) is 4.28. The summed E-state index contributed by atoms with van der Waals surface area (Å²) >= 11 is 0. The Balaban J connectivity index is 2.06. The molecule has 0 bridgehead atoms. The maximum atomic E-state index is 12.1. The van der Waals surface area contributed by atoms with E-state index in [4.69, 9.17) is 0 Å². The van der Waals surface area contributed by atoms with Gasteiger partial charge in [0.2, 0.25) is 0 Å². The van der Waals surface area contributed by atoms with Crippen LogP contribution in [0.2, 0.25) is 0 Å². The average Bonchev–Trinajstić information content (AvgIpc) is 2.60. The number of aromatic hydroxyl groups is 1. The van der Waals surface area contributed by atoms with Gasteiger partial charge in [-0.1, -0.05) is 6.07 Å². The number of rotatable bonds is 6. The first-order valence-corrected chi connectivity index (χ1v) is 8.44. The Morgan fingerprint density at radius 3 is 2.44 bits per heavy atom. The van der Waals surface area contributed by atoms with Crippen LogP contribution in [0.15, 0.2) is 41.5 Å². The molecule has 0 fully saturated rings. The van der Waals surface area contributed by atoms with Gasteiger partial charge in [0.15, 0.2) is 0 Å². The molecule has 0 heterocycles. The largest absolute Gasteiger partial charge is 0.507 e. The number of hydrogen-bond acceptors (Lipinski definition) is 4. The number of hydrogen-bond donors (Lipinski definition) is 2. The molecular formula is C20H25N3O2. The lowest BCUT2D eigenvalue weighted by Gasteiger charge is -2.21. The Bertz CT molecular complexity index is 781. The summed E-state index contributed by atoms with van der Waals surface area (Å²) in [5, 5.41) is 14.1. The number of carbonyl (C=O) groups is 1. The smallest absolute Gasteiger partial charge is 0.271 e. The van der Waals surface area contributed by atoms with Crippen molar-refractivity contribution in [3.63, 3.8) is 0 Å². The summed E-state index contributed by atoms with van der Waals surface area (Å²) in [7, 11) is 0. The quantitative estimate of drug-likeness (QED) is 0.624. The number of carbonyl (C=O) groups excluding carboxylic acids is 1. The summed E-state index contributed by atoms with van der Waals surface area (Å²) < 4.78 is 0. The predicted octanol–water partition coefficient (Wildman–Crippen LogP) is 3.62. The minimum Gasteiger partial charge on any atom is -0.507 e. The first-order valence-electron chi connectivity index (χ1n) is 8.44. The van der Waals surface area contributed by atoms with Gasteiger partial charge < -0.3 is 10.0 Å². The first-order chi connectivity index (χ1) is 12.0. The van der Waals surface area contributed by atoms with E-state index in [-0.39, 0.29) is 11.7 Å². The number of aryl methyl sites for hydroxylation is 2. The van der Waals surface area contributed by atoms with Gasteiger partial charge in [-0.3, -0.25) is 4.79 Å². The van der Waals surface area contributed by atoms with Gasteiger partial charge in [0.25, 0.3) is 5.91 Å². The fourth-order valence-electron chi connectivity index (χ4n) is 2.53. The molecule has 5 heteroatoms. The topological polar surface area (TPSA) is 64.9 Å². The van der Waals surface area contributed by atoms with Gasteiger partial charge in [0, 0.05) is 36.0 Å². The van der Waals surface area contributed by atoms with Crippen LogP contribution in [-0.4, -0.2) is 30.3 Å². The lowest BCUT2D eigenvalue weighted by atomic mass is 10.1. The summed E-state index contributed by atoms with van der Waals surface area (Å²) in [4.78, 5) is 14.3. The minimum atomic E-state index is -0.279. The van der Waals surface area contributed by atoms with Crippen LogP contribution in [0.3, 0.4) is 0 Å². The van der Waals surface area contributed by atoms with Crippen molar-refractivity contribution in [1.29, 1.82) is 0 Å². The molecule has 0 aromatic heterocycles. The maximum Gasteiger partial charge on any atom is 0.271 e. The second-order valence-electron chi connectivity index (χ2n) is 5.91. The van der Waals surface area contributed by atoms with Crippen molar-refractivity contribution in [2.75, 3.05) is 18.0 Å². The van der Waals surface area contributed by atoms with Gasteiger partial charge >= 0.3 is 0 Å². The fraction of sp³-hybridized carbons (Fsp3) is 0.300. The van der Waals surface area contributed by atoms with E-state index in [1.54, 1.807) is 18.2 Å². The molecule has 0 aliphatic rings. The highest BCUT2D eigenvalue weighted by molar-refractivity contribution is 5.95. The van der Waals surface area contributed by atoms with Crippen LogP contribution in [0.1, 0.15) is 40.9 Å². The molecule has 2 aromatic carbocycles. The Morgan fingerprint density at radius 2 is 1.84 bits per heavy atom. The normalized spacial score (nSPS) is 10.9. The zero-order valence-electron chi connectivity index (χ0n) is 15.2. The van der Waals surface area contributed by atoms with E-state index in [0.717, 1.165) is 29.9 Å². The SMILES string of the molecule is CCN(CC)c1ccc(C=NNC(=O)c2ccc(C)c(C)c2)c(O)c1. The van der Waals surface area contributed by atoms with E-state index in [0.29, 0.717) is 11.1 Å². The van der Waals surface area contributed by atoms with Crippen LogP contribution >= 0.6 is 0 Å². The molecule has 0 saturated heterocycles. The van der Waals surface area contributed by atoms with E-state index in [1.807, 2.05) is 32.0 Å².